The van der Waals surface area contributed by atoms with Crippen LogP contribution in [0.3, 0.4) is 0 Å². The molecule has 0 aliphatic heterocycles. The van der Waals surface area contributed by atoms with Crippen molar-refractivity contribution in [2.45, 2.75) is 104 Å². The van der Waals surface area contributed by atoms with Crippen LogP contribution in [-0.2, 0) is 16.0 Å². The number of hydrogen-bond acceptors (Lipinski definition) is 6. The summed E-state index contributed by atoms with van der Waals surface area (Å²) in [6, 6.07) is 4.67. The zero-order valence-corrected chi connectivity index (χ0v) is 23.4. The van der Waals surface area contributed by atoms with Gasteiger partial charge in [0.2, 0.25) is 0 Å². The topological polar surface area (TPSA) is 107 Å². The van der Waals surface area contributed by atoms with E-state index in [1.54, 1.807) is 6.07 Å². The second-order valence-electron chi connectivity index (χ2n) is 13.8. The molecular formula is C32H48O6. The monoisotopic (exact) mass is 528 g/mol. The Labute approximate surface area is 227 Å². The van der Waals surface area contributed by atoms with Crippen molar-refractivity contribution in [3.05, 3.63) is 23.8 Å². The first-order valence-electron chi connectivity index (χ1n) is 15.1. The minimum absolute atomic E-state index is 0.152. The highest BCUT2D eigenvalue weighted by molar-refractivity contribution is 5.69. The summed E-state index contributed by atoms with van der Waals surface area (Å²) in [4.78, 5) is 12.5. The SMILES string of the molecule is C[C@H](CCC(=O)OCCc1ccc(O)c(O)c1)[C@H]1CCC2[C@H]3C(CC[C@@]21C)[C@@]1(C)CC[C@@H](O)C[C@H]1C[C@@H]3O. The van der Waals surface area contributed by atoms with Crippen LogP contribution in [0.5, 0.6) is 11.5 Å². The molecule has 0 radical (unpaired) electrons. The molecule has 4 aliphatic rings. The van der Waals surface area contributed by atoms with E-state index in [2.05, 4.69) is 20.8 Å². The Morgan fingerprint density at radius 3 is 2.50 bits per heavy atom. The Balaban J connectivity index is 1.15. The molecule has 0 saturated heterocycles. The second kappa shape index (κ2) is 10.6. The van der Waals surface area contributed by atoms with Gasteiger partial charge in [-0.1, -0.05) is 26.8 Å². The normalized spacial score (nSPS) is 41.0. The van der Waals surface area contributed by atoms with Crippen LogP contribution in [0.1, 0.15) is 90.5 Å². The van der Waals surface area contributed by atoms with Crippen LogP contribution in [0, 0.1) is 46.3 Å². The van der Waals surface area contributed by atoms with E-state index < -0.39 is 0 Å². The molecule has 4 saturated carbocycles. The molecule has 4 N–H and O–H groups in total. The Hall–Kier alpha value is -1.79. The maximum absolute atomic E-state index is 12.5. The van der Waals surface area contributed by atoms with Crippen LogP contribution in [-0.4, -0.2) is 45.2 Å². The maximum Gasteiger partial charge on any atom is 0.305 e. The number of esters is 1. The number of phenols is 2. The second-order valence-corrected chi connectivity index (χ2v) is 13.8. The molecule has 0 aromatic heterocycles. The summed E-state index contributed by atoms with van der Waals surface area (Å²) in [5.74, 6) is 2.41. The third-order valence-corrected chi connectivity index (χ3v) is 11.9. The van der Waals surface area contributed by atoms with Gasteiger partial charge >= 0.3 is 5.97 Å². The molecule has 4 fully saturated rings. The zero-order chi connectivity index (χ0) is 27.2. The van der Waals surface area contributed by atoms with Crippen LogP contribution in [0.25, 0.3) is 0 Å². The fraction of sp³-hybridized carbons (Fsp3) is 0.781. The highest BCUT2D eigenvalue weighted by Gasteiger charge is 2.62. The van der Waals surface area contributed by atoms with E-state index in [4.69, 9.17) is 4.74 Å². The van der Waals surface area contributed by atoms with E-state index in [-0.39, 0.29) is 47.1 Å². The predicted octanol–water partition coefficient (Wildman–Crippen LogP) is 5.59. The van der Waals surface area contributed by atoms with E-state index in [1.807, 2.05) is 0 Å². The van der Waals surface area contributed by atoms with Gasteiger partial charge in [0.05, 0.1) is 18.8 Å². The highest BCUT2D eigenvalue weighted by Crippen LogP contribution is 2.68. The summed E-state index contributed by atoms with van der Waals surface area (Å²) in [5, 5.41) is 40.8. The summed E-state index contributed by atoms with van der Waals surface area (Å²) in [6.45, 7) is 7.49. The summed E-state index contributed by atoms with van der Waals surface area (Å²) < 4.78 is 5.48. The molecule has 0 heterocycles. The number of ether oxygens (including phenoxy) is 1. The largest absolute Gasteiger partial charge is 0.504 e. The molecule has 10 atom stereocenters. The van der Waals surface area contributed by atoms with Crippen LogP contribution in [0.4, 0.5) is 0 Å². The summed E-state index contributed by atoms with van der Waals surface area (Å²) in [5.41, 5.74) is 1.28. The lowest BCUT2D eigenvalue weighted by Gasteiger charge is -2.62. The molecule has 212 valence electrons. The van der Waals surface area contributed by atoms with Gasteiger partial charge in [-0.15, -0.1) is 0 Å². The van der Waals surface area contributed by atoms with Crippen molar-refractivity contribution < 1.29 is 30.0 Å². The number of phenolic OH excluding ortho intramolecular Hbond substituents is 2. The first-order valence-corrected chi connectivity index (χ1v) is 15.1. The molecule has 1 aromatic carbocycles. The quantitative estimate of drug-likeness (QED) is 0.271. The predicted molar refractivity (Wildman–Crippen MR) is 145 cm³/mol. The van der Waals surface area contributed by atoms with Gasteiger partial charge in [-0.25, -0.2) is 0 Å². The van der Waals surface area contributed by atoms with Crippen LogP contribution >= 0.6 is 0 Å². The molecule has 38 heavy (non-hydrogen) atoms. The Morgan fingerprint density at radius 2 is 1.74 bits per heavy atom. The third kappa shape index (κ3) is 4.96. The number of carbonyl (C=O) groups is 1. The van der Waals surface area contributed by atoms with Crippen molar-refractivity contribution in [1.82, 2.24) is 0 Å². The summed E-state index contributed by atoms with van der Waals surface area (Å²) >= 11 is 0. The standard InChI is InChI=1S/C32H48O6/c1-19(4-9-29(37)38-15-12-20-5-8-26(34)27(35)16-20)23-6-7-24-30-25(11-14-32(23,24)3)31(2)13-10-22(33)17-21(31)18-28(30)36/h5,8,16,19,21-25,28,30,33-36H,4,6-7,9-15,17-18H2,1-3H3/t19-,21+,22-,23-,24?,25?,28+,30+,31+,32-/m1/s1. The Bertz CT molecular complexity index is 1010. The lowest BCUT2D eigenvalue weighted by atomic mass is 9.43. The van der Waals surface area contributed by atoms with E-state index in [0.717, 1.165) is 37.7 Å². The fourth-order valence-electron chi connectivity index (χ4n) is 9.80. The Morgan fingerprint density at radius 1 is 1.00 bits per heavy atom. The van der Waals surface area contributed by atoms with Crippen LogP contribution < -0.4 is 0 Å². The van der Waals surface area contributed by atoms with Gasteiger partial charge in [0.1, 0.15) is 0 Å². The molecule has 6 heteroatoms. The van der Waals surface area contributed by atoms with Gasteiger partial charge in [0.25, 0.3) is 0 Å². The average molecular weight is 529 g/mol. The van der Waals surface area contributed by atoms with Crippen molar-refractivity contribution in [2.75, 3.05) is 6.61 Å². The lowest BCUT2D eigenvalue weighted by Crippen LogP contribution is -2.58. The molecule has 5 rings (SSSR count). The van der Waals surface area contributed by atoms with Gasteiger partial charge in [-0.05, 0) is 122 Å². The van der Waals surface area contributed by atoms with Gasteiger partial charge in [-0.2, -0.15) is 0 Å². The minimum Gasteiger partial charge on any atom is -0.504 e. The molecule has 0 spiro atoms. The lowest BCUT2D eigenvalue weighted by molar-refractivity contribution is -0.174. The van der Waals surface area contributed by atoms with Crippen molar-refractivity contribution in [2.24, 2.45) is 46.3 Å². The number of rotatable bonds is 7. The molecule has 1 aromatic rings. The van der Waals surface area contributed by atoms with Crippen molar-refractivity contribution >= 4 is 5.97 Å². The van der Waals surface area contributed by atoms with E-state index in [9.17, 15) is 25.2 Å². The molecule has 0 bridgehead atoms. The first-order chi connectivity index (χ1) is 18.0. The minimum atomic E-state index is -0.257. The number of benzene rings is 1. The molecule has 2 unspecified atom stereocenters. The third-order valence-electron chi connectivity index (χ3n) is 11.9. The number of hydrogen-bond donors (Lipinski definition) is 4. The number of fused-ring (bicyclic) bond motifs is 5. The molecule has 0 amide bonds. The Kier molecular flexibility index (Phi) is 7.78. The summed E-state index contributed by atoms with van der Waals surface area (Å²) in [7, 11) is 0. The van der Waals surface area contributed by atoms with Gasteiger partial charge in [0.15, 0.2) is 11.5 Å². The van der Waals surface area contributed by atoms with Crippen molar-refractivity contribution in [3.63, 3.8) is 0 Å². The number of carbonyl (C=O) groups excluding carboxylic acids is 1. The van der Waals surface area contributed by atoms with Gasteiger partial charge in [-0.3, -0.25) is 4.79 Å². The number of aromatic hydroxyl groups is 2. The van der Waals surface area contributed by atoms with Crippen LogP contribution in [0.2, 0.25) is 0 Å². The molecular weight excluding hydrogens is 480 g/mol. The van der Waals surface area contributed by atoms with Crippen molar-refractivity contribution in [1.29, 1.82) is 0 Å². The smallest absolute Gasteiger partial charge is 0.305 e. The summed E-state index contributed by atoms with van der Waals surface area (Å²) in [6.07, 6.45) is 9.70. The molecule has 6 nitrogen and oxygen atoms in total. The highest BCUT2D eigenvalue weighted by atomic mass is 16.5. The van der Waals surface area contributed by atoms with Gasteiger partial charge in [0, 0.05) is 12.8 Å². The first kappa shape index (κ1) is 27.8. The van der Waals surface area contributed by atoms with E-state index in [0.29, 0.717) is 48.3 Å². The number of aliphatic hydroxyl groups is 2. The zero-order valence-electron chi connectivity index (χ0n) is 23.4. The average Bonchev–Trinajstić information content (AvgIpc) is 3.23. The fourth-order valence-corrected chi connectivity index (χ4v) is 9.80. The molecule has 4 aliphatic carbocycles. The van der Waals surface area contributed by atoms with Gasteiger partial charge < -0.3 is 25.2 Å². The van der Waals surface area contributed by atoms with E-state index >= 15 is 0 Å². The number of aliphatic hydroxyl groups excluding tert-OH is 2. The van der Waals surface area contributed by atoms with Crippen LogP contribution in [0.15, 0.2) is 18.2 Å². The maximum atomic E-state index is 12.5. The van der Waals surface area contributed by atoms with E-state index in [1.165, 1.54) is 37.8 Å². The van der Waals surface area contributed by atoms with Crippen molar-refractivity contribution in [3.8, 4) is 11.5 Å².